The normalized spacial score (nSPS) is 19.5. The Kier molecular flexibility index (Phi) is 4.48. The molecular formula is C17H15FN4O3. The van der Waals surface area contributed by atoms with Gasteiger partial charge in [0.25, 0.3) is 0 Å². The number of benzene rings is 1. The van der Waals surface area contributed by atoms with Crippen molar-refractivity contribution in [2.24, 2.45) is 5.92 Å². The third-order valence-corrected chi connectivity index (χ3v) is 4.33. The molecule has 0 radical (unpaired) electrons. The van der Waals surface area contributed by atoms with Gasteiger partial charge in [-0.2, -0.15) is 5.26 Å². The van der Waals surface area contributed by atoms with Crippen molar-refractivity contribution in [2.75, 3.05) is 25.1 Å². The molecule has 1 N–H and O–H groups in total. The lowest BCUT2D eigenvalue weighted by Crippen LogP contribution is -2.24. The zero-order valence-corrected chi connectivity index (χ0v) is 13.4. The Morgan fingerprint density at radius 1 is 1.36 bits per heavy atom. The van der Waals surface area contributed by atoms with E-state index in [1.54, 1.807) is 23.1 Å². The summed E-state index contributed by atoms with van der Waals surface area (Å²) in [6, 6.07) is 9.42. The van der Waals surface area contributed by atoms with Gasteiger partial charge in [-0.05, 0) is 23.8 Å². The second-order valence-electron chi connectivity index (χ2n) is 5.73. The third kappa shape index (κ3) is 3.21. The van der Waals surface area contributed by atoms with Crippen LogP contribution in [0, 0.1) is 23.1 Å². The van der Waals surface area contributed by atoms with Crippen molar-refractivity contribution in [1.29, 1.82) is 5.26 Å². The highest BCUT2D eigenvalue weighted by molar-refractivity contribution is 5.74. The number of carbonyl (C=O) groups is 1. The number of carboxylic acids is 1. The summed E-state index contributed by atoms with van der Waals surface area (Å²) in [7, 11) is 1.44. The fraction of sp³-hybridized carbons (Fsp3) is 0.294. The Morgan fingerprint density at radius 3 is 2.72 bits per heavy atom. The Hall–Kier alpha value is -3.21. The lowest BCUT2D eigenvalue weighted by Gasteiger charge is -2.17. The summed E-state index contributed by atoms with van der Waals surface area (Å²) in [5.74, 6) is -1.96. The molecule has 25 heavy (non-hydrogen) atoms. The SMILES string of the molecule is COc1ccc([C@@H]2CN(c3ccc(C#N)nn3)C[C@H]2C(=O)O)c(F)c1. The number of methoxy groups -OCH3 is 1. The number of nitriles is 1. The monoisotopic (exact) mass is 342 g/mol. The summed E-state index contributed by atoms with van der Waals surface area (Å²) in [4.78, 5) is 13.4. The van der Waals surface area contributed by atoms with Crippen LogP contribution in [-0.2, 0) is 4.79 Å². The minimum absolute atomic E-state index is 0.176. The van der Waals surface area contributed by atoms with Crippen LogP contribution in [0.2, 0.25) is 0 Å². The lowest BCUT2D eigenvalue weighted by atomic mass is 9.88. The van der Waals surface area contributed by atoms with Crippen LogP contribution in [0.5, 0.6) is 5.75 Å². The van der Waals surface area contributed by atoms with Gasteiger partial charge in [0.1, 0.15) is 17.6 Å². The molecule has 0 bridgehead atoms. The van der Waals surface area contributed by atoms with Crippen molar-refractivity contribution in [3.63, 3.8) is 0 Å². The molecule has 1 aromatic heterocycles. The van der Waals surface area contributed by atoms with Crippen molar-refractivity contribution in [3.05, 3.63) is 47.4 Å². The molecular weight excluding hydrogens is 327 g/mol. The molecule has 3 rings (SSSR count). The summed E-state index contributed by atoms with van der Waals surface area (Å²) in [5.41, 5.74) is 0.507. The lowest BCUT2D eigenvalue weighted by molar-refractivity contribution is -0.141. The van der Waals surface area contributed by atoms with E-state index in [1.807, 2.05) is 6.07 Å². The number of aliphatic carboxylic acids is 1. The summed E-state index contributed by atoms with van der Waals surface area (Å²) in [5, 5.41) is 26.0. The summed E-state index contributed by atoms with van der Waals surface area (Å²) in [6.07, 6.45) is 0. The smallest absolute Gasteiger partial charge is 0.308 e. The second kappa shape index (κ2) is 6.73. The van der Waals surface area contributed by atoms with Crippen LogP contribution < -0.4 is 9.64 Å². The molecule has 0 spiro atoms. The Morgan fingerprint density at radius 2 is 2.16 bits per heavy atom. The van der Waals surface area contributed by atoms with Gasteiger partial charge >= 0.3 is 5.97 Å². The molecule has 1 saturated heterocycles. The number of aromatic nitrogens is 2. The van der Waals surface area contributed by atoms with Gasteiger partial charge < -0.3 is 14.7 Å². The van der Waals surface area contributed by atoms with Gasteiger partial charge in [-0.25, -0.2) is 4.39 Å². The van der Waals surface area contributed by atoms with Gasteiger partial charge in [-0.3, -0.25) is 4.79 Å². The predicted octanol–water partition coefficient (Wildman–Crippen LogP) is 1.80. The number of rotatable bonds is 4. The third-order valence-electron chi connectivity index (χ3n) is 4.33. The molecule has 8 heteroatoms. The van der Waals surface area contributed by atoms with Crippen LogP contribution in [0.25, 0.3) is 0 Å². The molecule has 0 unspecified atom stereocenters. The number of nitrogens with zero attached hydrogens (tertiary/aromatic N) is 4. The Labute approximate surface area is 143 Å². The van der Waals surface area contributed by atoms with E-state index in [4.69, 9.17) is 10.00 Å². The van der Waals surface area contributed by atoms with Gasteiger partial charge in [0, 0.05) is 25.1 Å². The highest BCUT2D eigenvalue weighted by Gasteiger charge is 2.40. The highest BCUT2D eigenvalue weighted by atomic mass is 19.1. The number of carboxylic acid groups (broad SMARTS) is 1. The maximum Gasteiger partial charge on any atom is 0.308 e. The summed E-state index contributed by atoms with van der Waals surface area (Å²) in [6.45, 7) is 0.479. The fourth-order valence-electron chi connectivity index (χ4n) is 3.05. The number of hydrogen-bond donors (Lipinski definition) is 1. The molecule has 1 aliphatic rings. The van der Waals surface area contributed by atoms with E-state index in [9.17, 15) is 14.3 Å². The number of halogens is 1. The standard InChI is InChI=1S/C17H15FN4O3/c1-25-11-3-4-12(15(18)6-11)13-8-22(9-14(13)17(23)24)16-5-2-10(7-19)20-21-16/h2-6,13-14H,8-9H2,1H3,(H,23,24)/t13-,14+/m0/s1. The predicted molar refractivity (Wildman–Crippen MR) is 85.8 cm³/mol. The maximum absolute atomic E-state index is 14.4. The van der Waals surface area contributed by atoms with E-state index in [-0.39, 0.29) is 12.2 Å². The topological polar surface area (TPSA) is 99.3 Å². The molecule has 0 saturated carbocycles. The first kappa shape index (κ1) is 16.6. The van der Waals surface area contributed by atoms with Gasteiger partial charge in [0.2, 0.25) is 0 Å². The van der Waals surface area contributed by atoms with Crippen molar-refractivity contribution in [1.82, 2.24) is 10.2 Å². The molecule has 1 aromatic carbocycles. The number of ether oxygens (including phenoxy) is 1. The van der Waals surface area contributed by atoms with Gasteiger partial charge in [-0.1, -0.05) is 6.07 Å². The van der Waals surface area contributed by atoms with E-state index in [0.717, 1.165) is 0 Å². The van der Waals surface area contributed by atoms with Crippen molar-refractivity contribution < 1.29 is 19.0 Å². The van der Waals surface area contributed by atoms with Crippen molar-refractivity contribution >= 4 is 11.8 Å². The number of hydrogen-bond acceptors (Lipinski definition) is 6. The summed E-state index contributed by atoms with van der Waals surface area (Å²) < 4.78 is 19.4. The van der Waals surface area contributed by atoms with E-state index in [2.05, 4.69) is 10.2 Å². The van der Waals surface area contributed by atoms with Crippen LogP contribution in [-0.4, -0.2) is 41.5 Å². The maximum atomic E-state index is 14.4. The van der Waals surface area contributed by atoms with E-state index < -0.39 is 23.6 Å². The first-order valence-corrected chi connectivity index (χ1v) is 7.58. The first-order valence-electron chi connectivity index (χ1n) is 7.58. The van der Waals surface area contributed by atoms with Crippen LogP contribution in [0.4, 0.5) is 10.2 Å². The minimum atomic E-state index is -0.996. The van der Waals surface area contributed by atoms with E-state index in [1.165, 1.54) is 19.2 Å². The number of anilines is 1. The van der Waals surface area contributed by atoms with Crippen LogP contribution >= 0.6 is 0 Å². The quantitative estimate of drug-likeness (QED) is 0.904. The molecule has 1 fully saturated rings. The molecule has 128 valence electrons. The zero-order valence-electron chi connectivity index (χ0n) is 13.4. The van der Waals surface area contributed by atoms with Crippen molar-refractivity contribution in [2.45, 2.75) is 5.92 Å². The Bertz CT molecular complexity index is 835. The molecule has 7 nitrogen and oxygen atoms in total. The fourth-order valence-corrected chi connectivity index (χ4v) is 3.05. The summed E-state index contributed by atoms with van der Waals surface area (Å²) >= 11 is 0. The van der Waals surface area contributed by atoms with Gasteiger partial charge in [0.15, 0.2) is 11.5 Å². The average Bonchev–Trinajstić information content (AvgIpc) is 3.07. The van der Waals surface area contributed by atoms with Crippen molar-refractivity contribution in [3.8, 4) is 11.8 Å². The molecule has 0 amide bonds. The van der Waals surface area contributed by atoms with Gasteiger partial charge in [0.05, 0.1) is 13.0 Å². The molecule has 2 atom stereocenters. The largest absolute Gasteiger partial charge is 0.497 e. The second-order valence-corrected chi connectivity index (χ2v) is 5.73. The molecule has 0 aliphatic carbocycles. The molecule has 2 aromatic rings. The highest BCUT2D eigenvalue weighted by Crippen LogP contribution is 2.36. The minimum Gasteiger partial charge on any atom is -0.497 e. The van der Waals surface area contributed by atoms with E-state index in [0.29, 0.717) is 23.7 Å². The zero-order chi connectivity index (χ0) is 18.0. The van der Waals surface area contributed by atoms with Crippen LogP contribution in [0.1, 0.15) is 17.2 Å². The van der Waals surface area contributed by atoms with Gasteiger partial charge in [-0.15, -0.1) is 10.2 Å². The van der Waals surface area contributed by atoms with Crippen LogP contribution in [0.15, 0.2) is 30.3 Å². The molecule has 2 heterocycles. The first-order chi connectivity index (χ1) is 12.0. The Balaban J connectivity index is 1.90. The molecule has 1 aliphatic heterocycles. The van der Waals surface area contributed by atoms with E-state index >= 15 is 0 Å². The average molecular weight is 342 g/mol. The van der Waals surface area contributed by atoms with Crippen LogP contribution in [0.3, 0.4) is 0 Å².